The zero-order valence-corrected chi connectivity index (χ0v) is 17.9. The molecule has 29 heavy (non-hydrogen) atoms. The van der Waals surface area contributed by atoms with Crippen molar-refractivity contribution in [2.45, 2.75) is 30.8 Å². The topological polar surface area (TPSA) is 78.5 Å². The molecule has 158 valence electrons. The zero-order valence-electron chi connectivity index (χ0n) is 16.3. The van der Waals surface area contributed by atoms with Crippen LogP contribution in [0.1, 0.15) is 25.5 Å². The van der Waals surface area contributed by atoms with E-state index >= 15 is 0 Å². The van der Waals surface area contributed by atoms with Gasteiger partial charge in [-0.2, -0.15) is 0 Å². The summed E-state index contributed by atoms with van der Waals surface area (Å²) in [6, 6.07) is 6.53. The molecule has 0 saturated heterocycles. The van der Waals surface area contributed by atoms with Gasteiger partial charge < -0.3 is 5.32 Å². The van der Waals surface area contributed by atoms with Crippen molar-refractivity contribution in [3.05, 3.63) is 58.6 Å². The van der Waals surface area contributed by atoms with Gasteiger partial charge in [-0.1, -0.05) is 17.7 Å². The second-order valence-electron chi connectivity index (χ2n) is 6.71. The number of sulfonamides is 1. The number of hydrogen-bond acceptors (Lipinski definition) is 4. The molecule has 2 aromatic carbocycles. The second kappa shape index (κ2) is 9.17. The highest BCUT2D eigenvalue weighted by Crippen LogP contribution is 2.27. The predicted molar refractivity (Wildman–Crippen MR) is 108 cm³/mol. The number of carbonyl (C=O) groups is 1. The largest absolute Gasteiger partial charge is 0.325 e. The van der Waals surface area contributed by atoms with Crippen molar-refractivity contribution in [1.29, 1.82) is 0 Å². The highest BCUT2D eigenvalue weighted by atomic mass is 35.5. The Labute approximate surface area is 173 Å². The number of nitrogens with zero attached hydrogens (tertiary/aromatic N) is 1. The number of nitrogens with one attached hydrogen (secondary N) is 2. The van der Waals surface area contributed by atoms with Crippen LogP contribution in [-0.4, -0.2) is 38.8 Å². The van der Waals surface area contributed by atoms with E-state index in [0.717, 1.165) is 16.4 Å². The number of amides is 1. The highest BCUT2D eigenvalue weighted by Gasteiger charge is 2.22. The van der Waals surface area contributed by atoms with Crippen LogP contribution in [-0.2, 0) is 14.8 Å². The quantitative estimate of drug-likeness (QED) is 0.683. The monoisotopic (exact) mass is 445 g/mol. The molecule has 10 heteroatoms. The first-order chi connectivity index (χ1) is 13.4. The van der Waals surface area contributed by atoms with E-state index in [1.54, 1.807) is 13.8 Å². The maximum atomic E-state index is 13.4. The summed E-state index contributed by atoms with van der Waals surface area (Å²) in [5, 5.41) is 5.64. The molecule has 6 nitrogen and oxygen atoms in total. The third-order valence-electron chi connectivity index (χ3n) is 4.29. The minimum absolute atomic E-state index is 0.0369. The van der Waals surface area contributed by atoms with Crippen LogP contribution in [0.3, 0.4) is 0 Å². The highest BCUT2D eigenvalue weighted by molar-refractivity contribution is 7.89. The van der Waals surface area contributed by atoms with Gasteiger partial charge in [0, 0.05) is 25.8 Å². The van der Waals surface area contributed by atoms with E-state index in [0.29, 0.717) is 5.56 Å². The molecule has 0 radical (unpaired) electrons. The van der Waals surface area contributed by atoms with Crippen molar-refractivity contribution < 1.29 is 22.0 Å². The number of anilines is 1. The smallest absolute Gasteiger partial charge is 0.244 e. The molecule has 0 bridgehead atoms. The van der Waals surface area contributed by atoms with E-state index < -0.39 is 39.6 Å². The van der Waals surface area contributed by atoms with Gasteiger partial charge in [-0.25, -0.2) is 21.5 Å². The molecule has 1 amide bonds. The van der Waals surface area contributed by atoms with Crippen molar-refractivity contribution in [3.8, 4) is 0 Å². The van der Waals surface area contributed by atoms with E-state index in [2.05, 4.69) is 10.6 Å². The zero-order chi connectivity index (χ0) is 21.9. The lowest BCUT2D eigenvalue weighted by Crippen LogP contribution is -2.39. The van der Waals surface area contributed by atoms with Gasteiger partial charge in [0.1, 0.15) is 4.90 Å². The lowest BCUT2D eigenvalue weighted by molar-refractivity contribution is -0.117. The van der Waals surface area contributed by atoms with E-state index in [1.165, 1.54) is 38.4 Å². The maximum absolute atomic E-state index is 13.4. The Hall–Kier alpha value is -2.07. The van der Waals surface area contributed by atoms with Crippen molar-refractivity contribution in [1.82, 2.24) is 9.62 Å². The van der Waals surface area contributed by atoms with Gasteiger partial charge in [-0.15, -0.1) is 0 Å². The van der Waals surface area contributed by atoms with Crippen molar-refractivity contribution in [2.75, 3.05) is 19.4 Å². The van der Waals surface area contributed by atoms with Crippen molar-refractivity contribution in [2.24, 2.45) is 0 Å². The van der Waals surface area contributed by atoms with Gasteiger partial charge in [-0.05, 0) is 49.7 Å². The SMILES string of the molecule is C[C@H](N[C@H](C)C(=O)Nc1ccc(Cl)c(S(=O)(=O)N(C)C)c1)c1ccc(F)c(F)c1. The Kier molecular flexibility index (Phi) is 7.34. The molecule has 0 unspecified atom stereocenters. The molecule has 2 atom stereocenters. The summed E-state index contributed by atoms with van der Waals surface area (Å²) in [6.07, 6.45) is 0. The summed E-state index contributed by atoms with van der Waals surface area (Å²) in [7, 11) is -1.03. The maximum Gasteiger partial charge on any atom is 0.244 e. The molecular weight excluding hydrogens is 424 g/mol. The third kappa shape index (κ3) is 5.51. The van der Waals surface area contributed by atoms with Gasteiger partial charge in [0.25, 0.3) is 0 Å². The van der Waals surface area contributed by atoms with Crippen LogP contribution in [0.15, 0.2) is 41.3 Å². The van der Waals surface area contributed by atoms with Gasteiger partial charge >= 0.3 is 0 Å². The Morgan fingerprint density at radius 1 is 1.07 bits per heavy atom. The Bertz CT molecular complexity index is 1020. The van der Waals surface area contributed by atoms with Gasteiger partial charge in [0.15, 0.2) is 11.6 Å². The molecule has 2 N–H and O–H groups in total. The lowest BCUT2D eigenvalue weighted by Gasteiger charge is -2.20. The van der Waals surface area contributed by atoms with Gasteiger partial charge in [0.05, 0.1) is 11.1 Å². The molecule has 2 rings (SSSR count). The molecule has 0 aliphatic heterocycles. The van der Waals surface area contributed by atoms with Crippen molar-refractivity contribution in [3.63, 3.8) is 0 Å². The molecule has 0 heterocycles. The normalized spacial score (nSPS) is 13.9. The Balaban J connectivity index is 2.12. The Morgan fingerprint density at radius 2 is 1.72 bits per heavy atom. The van der Waals surface area contributed by atoms with E-state index in [1.807, 2.05) is 0 Å². The van der Waals surface area contributed by atoms with Gasteiger partial charge in [-0.3, -0.25) is 10.1 Å². The van der Waals surface area contributed by atoms with Crippen molar-refractivity contribution >= 4 is 33.2 Å². The summed E-state index contributed by atoms with van der Waals surface area (Å²) < 4.78 is 52.2. The second-order valence-corrected chi connectivity index (χ2v) is 9.23. The summed E-state index contributed by atoms with van der Waals surface area (Å²) in [5.41, 5.74) is 0.739. The number of carbonyl (C=O) groups excluding carboxylic acids is 1. The number of hydrogen-bond donors (Lipinski definition) is 2. The van der Waals surface area contributed by atoms with E-state index in [-0.39, 0.29) is 15.6 Å². The molecular formula is C19H22ClF2N3O3S. The molecule has 2 aromatic rings. The number of benzene rings is 2. The minimum Gasteiger partial charge on any atom is -0.325 e. The average Bonchev–Trinajstić information content (AvgIpc) is 2.64. The molecule has 0 aliphatic rings. The lowest BCUT2D eigenvalue weighted by atomic mass is 10.1. The molecule has 0 saturated carbocycles. The van der Waals surface area contributed by atoms with Crippen LogP contribution in [0.25, 0.3) is 0 Å². The molecule has 0 aromatic heterocycles. The standard InChI is InChI=1S/C19H22ClF2N3O3S/c1-11(13-5-8-16(21)17(22)9-13)23-12(2)19(26)24-14-6-7-15(20)18(10-14)29(27,28)25(3)4/h5-12,23H,1-4H3,(H,24,26)/t11-,12+/m0/s1. The van der Waals surface area contributed by atoms with Crippen LogP contribution >= 0.6 is 11.6 Å². The fourth-order valence-electron chi connectivity index (χ4n) is 2.55. The summed E-state index contributed by atoms with van der Waals surface area (Å²) >= 11 is 6.00. The van der Waals surface area contributed by atoms with E-state index in [9.17, 15) is 22.0 Å². The number of halogens is 3. The van der Waals surface area contributed by atoms with E-state index in [4.69, 9.17) is 11.6 Å². The first kappa shape index (κ1) is 23.2. The summed E-state index contributed by atoms with van der Waals surface area (Å²) in [4.78, 5) is 12.4. The molecule has 0 spiro atoms. The number of rotatable bonds is 7. The summed E-state index contributed by atoms with van der Waals surface area (Å²) in [5.74, 6) is -2.35. The van der Waals surface area contributed by atoms with Crippen LogP contribution in [0.4, 0.5) is 14.5 Å². The van der Waals surface area contributed by atoms with Crippen LogP contribution in [0.2, 0.25) is 5.02 Å². The van der Waals surface area contributed by atoms with Gasteiger partial charge in [0.2, 0.25) is 15.9 Å². The average molecular weight is 446 g/mol. The Morgan fingerprint density at radius 3 is 2.31 bits per heavy atom. The van der Waals surface area contributed by atoms with Crippen LogP contribution < -0.4 is 10.6 Å². The first-order valence-electron chi connectivity index (χ1n) is 8.67. The molecule has 0 fully saturated rings. The van der Waals surface area contributed by atoms with Crippen LogP contribution in [0, 0.1) is 11.6 Å². The summed E-state index contributed by atoms with van der Waals surface area (Å²) in [6.45, 7) is 3.31. The fraction of sp³-hybridized carbons (Fsp3) is 0.316. The van der Waals surface area contributed by atoms with Crippen LogP contribution in [0.5, 0.6) is 0 Å². The first-order valence-corrected chi connectivity index (χ1v) is 10.5. The molecule has 0 aliphatic carbocycles. The predicted octanol–water partition coefficient (Wildman–Crippen LogP) is 3.55. The third-order valence-corrected chi connectivity index (χ3v) is 6.59. The fourth-order valence-corrected chi connectivity index (χ4v) is 3.95. The minimum atomic E-state index is -3.78.